The first-order chi connectivity index (χ1) is 6.92. The zero-order valence-electron chi connectivity index (χ0n) is 8.29. The van der Waals surface area contributed by atoms with Gasteiger partial charge in [-0.1, -0.05) is 25.1 Å². The topological polar surface area (TPSA) is 18.5 Å². The predicted molar refractivity (Wildman–Crippen MR) is 55.0 cm³/mol. The first-order valence-electron chi connectivity index (χ1n) is 5.11. The van der Waals surface area contributed by atoms with Gasteiger partial charge in [0, 0.05) is 0 Å². The third kappa shape index (κ3) is 1.90. The van der Waals surface area contributed by atoms with E-state index in [4.69, 9.17) is 9.78 Å². The molecule has 0 bridgehead atoms. The van der Waals surface area contributed by atoms with E-state index in [2.05, 4.69) is 25.1 Å². The average Bonchev–Trinajstić information content (AvgIpc) is 2.44. The largest absolute Gasteiger partial charge is 0.337 e. The Hall–Kier alpha value is -1.02. The molecule has 0 unspecified atom stereocenters. The van der Waals surface area contributed by atoms with Gasteiger partial charge in [0.15, 0.2) is 5.75 Å². The second kappa shape index (κ2) is 4.47. The second-order valence-corrected chi connectivity index (χ2v) is 3.52. The highest BCUT2D eigenvalue weighted by Crippen LogP contribution is 2.28. The van der Waals surface area contributed by atoms with Gasteiger partial charge in [0.2, 0.25) is 0 Å². The summed E-state index contributed by atoms with van der Waals surface area (Å²) in [5.74, 6) is 0.925. The summed E-state index contributed by atoms with van der Waals surface area (Å²) in [6.45, 7) is 4.54. The van der Waals surface area contributed by atoms with Gasteiger partial charge in [-0.3, -0.25) is 0 Å². The van der Waals surface area contributed by atoms with E-state index in [0.29, 0.717) is 6.61 Å². The molecule has 1 aromatic carbocycles. The van der Waals surface area contributed by atoms with Crippen molar-refractivity contribution in [3.63, 3.8) is 0 Å². The summed E-state index contributed by atoms with van der Waals surface area (Å²) in [7, 11) is 0. The Morgan fingerprint density at radius 2 is 2.29 bits per heavy atom. The Morgan fingerprint density at radius 1 is 1.36 bits per heavy atom. The molecule has 0 atom stereocenters. The highest BCUT2D eigenvalue weighted by molar-refractivity contribution is 5.41. The van der Waals surface area contributed by atoms with Crippen LogP contribution in [0.15, 0.2) is 18.2 Å². The van der Waals surface area contributed by atoms with E-state index in [1.165, 1.54) is 11.1 Å². The summed E-state index contributed by atoms with van der Waals surface area (Å²) < 4.78 is 0. The zero-order chi connectivity index (χ0) is 9.80. The lowest BCUT2D eigenvalue weighted by Gasteiger charge is -2.09. The molecule has 2 rings (SSSR count). The van der Waals surface area contributed by atoms with Gasteiger partial charge in [0.05, 0.1) is 6.61 Å². The van der Waals surface area contributed by atoms with Gasteiger partial charge in [-0.05, 0) is 36.8 Å². The molecular formula is C12H15O2. The molecule has 1 radical (unpaired) electrons. The van der Waals surface area contributed by atoms with Crippen LogP contribution >= 0.6 is 0 Å². The van der Waals surface area contributed by atoms with Gasteiger partial charge in [0.25, 0.3) is 0 Å². The fourth-order valence-corrected chi connectivity index (χ4v) is 1.75. The van der Waals surface area contributed by atoms with E-state index in [1.54, 1.807) is 0 Å². The van der Waals surface area contributed by atoms with Gasteiger partial charge in [-0.25, -0.2) is 0 Å². The molecule has 75 valence electrons. The third-order valence-corrected chi connectivity index (χ3v) is 2.44. The van der Waals surface area contributed by atoms with Gasteiger partial charge in [-0.15, -0.1) is 0 Å². The standard InChI is InChI=1S/C12H15O2/c1-2-5-10-6-3-7-11-8-4-9-13-14-12(10)11/h3,6-7H,1-2,4-5,8-9H2. The molecule has 0 amide bonds. The molecule has 14 heavy (non-hydrogen) atoms. The van der Waals surface area contributed by atoms with E-state index in [0.717, 1.165) is 31.4 Å². The third-order valence-electron chi connectivity index (χ3n) is 2.44. The molecule has 0 aromatic heterocycles. The summed E-state index contributed by atoms with van der Waals surface area (Å²) >= 11 is 0. The van der Waals surface area contributed by atoms with Crippen molar-refractivity contribution >= 4 is 0 Å². The molecular weight excluding hydrogens is 176 g/mol. The van der Waals surface area contributed by atoms with E-state index in [1.807, 2.05) is 0 Å². The minimum absolute atomic E-state index is 0.679. The molecule has 0 fully saturated rings. The quantitative estimate of drug-likeness (QED) is 0.669. The first-order valence-corrected chi connectivity index (χ1v) is 5.11. The fourth-order valence-electron chi connectivity index (χ4n) is 1.75. The minimum Gasteiger partial charge on any atom is -0.337 e. The molecule has 0 N–H and O–H groups in total. The van der Waals surface area contributed by atoms with Gasteiger partial charge < -0.3 is 4.89 Å². The summed E-state index contributed by atoms with van der Waals surface area (Å²) in [5.41, 5.74) is 2.47. The van der Waals surface area contributed by atoms with E-state index in [9.17, 15) is 0 Å². The lowest BCUT2D eigenvalue weighted by molar-refractivity contribution is -0.204. The van der Waals surface area contributed by atoms with Crippen molar-refractivity contribution in [1.82, 2.24) is 0 Å². The average molecular weight is 191 g/mol. The lowest BCUT2D eigenvalue weighted by Crippen LogP contribution is -1.99. The molecule has 1 aliphatic rings. The molecule has 1 heterocycles. The number of rotatable bonds is 2. The monoisotopic (exact) mass is 191 g/mol. The summed E-state index contributed by atoms with van der Waals surface area (Å²) in [4.78, 5) is 10.4. The predicted octanol–water partition coefficient (Wildman–Crippen LogP) is 2.71. The highest BCUT2D eigenvalue weighted by Gasteiger charge is 2.13. The lowest BCUT2D eigenvalue weighted by atomic mass is 10.0. The SMILES string of the molecule is [CH2]CCc1cccc2c1OOCCC2. The van der Waals surface area contributed by atoms with E-state index >= 15 is 0 Å². The number of fused-ring (bicyclic) bond motifs is 1. The number of hydrogen-bond acceptors (Lipinski definition) is 2. The Morgan fingerprint density at radius 3 is 3.14 bits per heavy atom. The van der Waals surface area contributed by atoms with Crippen LogP contribution in [-0.4, -0.2) is 6.61 Å². The van der Waals surface area contributed by atoms with Gasteiger partial charge in [-0.2, -0.15) is 4.89 Å². The molecule has 2 heteroatoms. The number of aryl methyl sites for hydroxylation is 2. The zero-order valence-corrected chi connectivity index (χ0v) is 8.29. The molecule has 0 saturated carbocycles. The Kier molecular flexibility index (Phi) is 3.04. The fraction of sp³-hybridized carbons (Fsp3) is 0.417. The summed E-state index contributed by atoms with van der Waals surface area (Å²) in [6, 6.07) is 6.27. The van der Waals surface area contributed by atoms with Gasteiger partial charge >= 0.3 is 0 Å². The van der Waals surface area contributed by atoms with Crippen LogP contribution in [0.1, 0.15) is 24.0 Å². The number of hydrogen-bond donors (Lipinski definition) is 0. The first kappa shape index (κ1) is 9.53. The van der Waals surface area contributed by atoms with Crippen molar-refractivity contribution in [3.05, 3.63) is 36.2 Å². The maximum absolute atomic E-state index is 5.30. The van der Waals surface area contributed by atoms with E-state index in [-0.39, 0.29) is 0 Å². The Labute approximate surface area is 84.8 Å². The van der Waals surface area contributed by atoms with Crippen molar-refractivity contribution in [1.29, 1.82) is 0 Å². The molecule has 2 nitrogen and oxygen atoms in total. The smallest absolute Gasteiger partial charge is 0.171 e. The van der Waals surface area contributed by atoms with Crippen molar-refractivity contribution in [2.75, 3.05) is 6.61 Å². The molecule has 0 spiro atoms. The summed E-state index contributed by atoms with van der Waals surface area (Å²) in [5, 5.41) is 0. The second-order valence-electron chi connectivity index (χ2n) is 3.52. The van der Waals surface area contributed by atoms with Crippen LogP contribution in [-0.2, 0) is 17.7 Å². The summed E-state index contributed by atoms with van der Waals surface area (Å²) in [6.07, 6.45) is 3.91. The number of para-hydroxylation sites is 1. The Bertz CT molecular complexity index is 307. The maximum atomic E-state index is 5.30. The minimum atomic E-state index is 0.679. The number of benzene rings is 1. The van der Waals surface area contributed by atoms with Crippen molar-refractivity contribution in [3.8, 4) is 5.75 Å². The van der Waals surface area contributed by atoms with Gasteiger partial charge in [0.1, 0.15) is 0 Å². The van der Waals surface area contributed by atoms with Crippen LogP contribution in [0, 0.1) is 6.92 Å². The normalized spacial score (nSPS) is 15.5. The van der Waals surface area contributed by atoms with Crippen LogP contribution in [0.2, 0.25) is 0 Å². The molecule has 1 aromatic rings. The van der Waals surface area contributed by atoms with Crippen molar-refractivity contribution < 1.29 is 9.78 Å². The van der Waals surface area contributed by atoms with Crippen LogP contribution in [0.5, 0.6) is 5.75 Å². The van der Waals surface area contributed by atoms with Crippen LogP contribution in [0.3, 0.4) is 0 Å². The van der Waals surface area contributed by atoms with Crippen LogP contribution < -0.4 is 4.89 Å². The Balaban J connectivity index is 2.32. The van der Waals surface area contributed by atoms with Crippen molar-refractivity contribution in [2.24, 2.45) is 0 Å². The van der Waals surface area contributed by atoms with Crippen LogP contribution in [0.4, 0.5) is 0 Å². The molecule has 0 saturated heterocycles. The maximum Gasteiger partial charge on any atom is 0.171 e. The van der Waals surface area contributed by atoms with Crippen molar-refractivity contribution in [2.45, 2.75) is 25.7 Å². The van der Waals surface area contributed by atoms with Crippen LogP contribution in [0.25, 0.3) is 0 Å². The highest BCUT2D eigenvalue weighted by atomic mass is 17.2. The molecule has 0 aliphatic carbocycles. The van der Waals surface area contributed by atoms with E-state index < -0.39 is 0 Å². The molecule has 1 aliphatic heterocycles.